The van der Waals surface area contributed by atoms with Gasteiger partial charge in [-0.1, -0.05) is 129 Å². The summed E-state index contributed by atoms with van der Waals surface area (Å²) in [5.74, 6) is -1.90. The maximum absolute atomic E-state index is 10.7. The van der Waals surface area contributed by atoms with Crippen LogP contribution in [0, 0.1) is 0 Å². The van der Waals surface area contributed by atoms with Crippen LogP contribution in [-0.2, 0) is 0 Å². The van der Waals surface area contributed by atoms with E-state index in [1.807, 2.05) is 0 Å². The first-order chi connectivity index (χ1) is 12.9. The fourth-order valence-corrected chi connectivity index (χ4v) is 11.6. The lowest BCUT2D eigenvalue weighted by Gasteiger charge is -2.45. The van der Waals surface area contributed by atoms with E-state index in [1.54, 1.807) is 0 Å². The standard InChI is InChI=1S/C23H50O3Si/c1-5-9-12-15-18-27(19-16-13-10-6-2,20-17-14-11-7-3)22(8-4)23(25,26)21-24/h22,24-26H,5-21H2,1-4H3. The number of hydrogen-bond donors (Lipinski definition) is 3. The molecule has 0 aromatic rings. The van der Waals surface area contributed by atoms with Crippen molar-refractivity contribution in [1.82, 2.24) is 0 Å². The van der Waals surface area contributed by atoms with Gasteiger partial charge in [0.25, 0.3) is 0 Å². The molecule has 0 amide bonds. The minimum atomic E-state index is -1.90. The van der Waals surface area contributed by atoms with Crippen LogP contribution in [0.15, 0.2) is 0 Å². The Kier molecular flexibility index (Phi) is 16.0. The summed E-state index contributed by atoms with van der Waals surface area (Å²) in [5, 5.41) is 31.0. The molecule has 0 saturated heterocycles. The first kappa shape index (κ1) is 27.1. The zero-order valence-electron chi connectivity index (χ0n) is 18.9. The van der Waals surface area contributed by atoms with Gasteiger partial charge < -0.3 is 15.3 Å². The zero-order chi connectivity index (χ0) is 20.6. The Morgan fingerprint density at radius 3 is 1.26 bits per heavy atom. The van der Waals surface area contributed by atoms with Crippen molar-refractivity contribution in [3.8, 4) is 0 Å². The molecule has 0 saturated carbocycles. The number of aliphatic hydroxyl groups excluding tert-OH is 1. The van der Waals surface area contributed by atoms with E-state index in [4.69, 9.17) is 0 Å². The predicted octanol–water partition coefficient (Wildman–Crippen LogP) is 6.63. The SMILES string of the molecule is CCCCCC[Si](CCCCCC)(CCCCCC)C(CC)C(O)(O)CO. The molecule has 0 aliphatic rings. The molecule has 1 unspecified atom stereocenters. The molecule has 27 heavy (non-hydrogen) atoms. The molecule has 0 aromatic carbocycles. The van der Waals surface area contributed by atoms with E-state index in [1.165, 1.54) is 95.2 Å². The van der Waals surface area contributed by atoms with Crippen molar-refractivity contribution < 1.29 is 15.3 Å². The molecule has 164 valence electrons. The van der Waals surface area contributed by atoms with Gasteiger partial charge in [-0.2, -0.15) is 0 Å². The van der Waals surface area contributed by atoms with E-state index in [9.17, 15) is 15.3 Å². The van der Waals surface area contributed by atoms with Crippen LogP contribution in [0.5, 0.6) is 0 Å². The van der Waals surface area contributed by atoms with Crippen LogP contribution in [0.4, 0.5) is 0 Å². The van der Waals surface area contributed by atoms with Crippen molar-refractivity contribution >= 4 is 8.07 Å². The highest BCUT2D eigenvalue weighted by Crippen LogP contribution is 2.45. The third-order valence-electron chi connectivity index (χ3n) is 6.52. The largest absolute Gasteiger partial charge is 0.391 e. The first-order valence-corrected chi connectivity index (χ1v) is 14.7. The van der Waals surface area contributed by atoms with Crippen molar-refractivity contribution in [2.75, 3.05) is 6.61 Å². The molecule has 4 heteroatoms. The second-order valence-corrected chi connectivity index (χ2v) is 13.7. The molecule has 0 aliphatic carbocycles. The van der Waals surface area contributed by atoms with Crippen LogP contribution in [-0.4, -0.2) is 35.8 Å². The van der Waals surface area contributed by atoms with Gasteiger partial charge in [-0.15, -0.1) is 0 Å². The van der Waals surface area contributed by atoms with Crippen LogP contribution >= 0.6 is 0 Å². The summed E-state index contributed by atoms with van der Waals surface area (Å²) >= 11 is 0. The van der Waals surface area contributed by atoms with Gasteiger partial charge in [-0.3, -0.25) is 0 Å². The monoisotopic (exact) mass is 402 g/mol. The number of aliphatic hydroxyl groups is 3. The molecular formula is C23H50O3Si. The normalized spacial score (nSPS) is 13.9. The number of unbranched alkanes of at least 4 members (excludes halogenated alkanes) is 9. The van der Waals surface area contributed by atoms with Gasteiger partial charge >= 0.3 is 0 Å². The summed E-state index contributed by atoms with van der Waals surface area (Å²) in [6.07, 6.45) is 15.7. The molecule has 0 aliphatic heterocycles. The molecule has 3 nitrogen and oxygen atoms in total. The Hall–Kier alpha value is 0.0969. The van der Waals surface area contributed by atoms with E-state index in [0.29, 0.717) is 0 Å². The third-order valence-corrected chi connectivity index (χ3v) is 12.9. The Morgan fingerprint density at radius 1 is 0.630 bits per heavy atom. The van der Waals surface area contributed by atoms with E-state index in [2.05, 4.69) is 27.7 Å². The molecule has 0 radical (unpaired) electrons. The van der Waals surface area contributed by atoms with E-state index >= 15 is 0 Å². The molecule has 0 rings (SSSR count). The lowest BCUT2D eigenvalue weighted by molar-refractivity contribution is -0.191. The Morgan fingerprint density at radius 2 is 1.00 bits per heavy atom. The first-order valence-electron chi connectivity index (χ1n) is 12.0. The molecule has 0 aromatic heterocycles. The fraction of sp³-hybridized carbons (Fsp3) is 1.00. The van der Waals surface area contributed by atoms with Gasteiger partial charge in [0.05, 0.1) is 14.7 Å². The van der Waals surface area contributed by atoms with Crippen LogP contribution in [0.2, 0.25) is 23.7 Å². The highest BCUT2D eigenvalue weighted by atomic mass is 28.3. The summed E-state index contributed by atoms with van der Waals surface area (Å²) in [5.41, 5.74) is -0.111. The summed E-state index contributed by atoms with van der Waals surface area (Å²) in [6, 6.07) is 3.60. The second kappa shape index (κ2) is 16.0. The van der Waals surface area contributed by atoms with E-state index < -0.39 is 20.5 Å². The third kappa shape index (κ3) is 10.4. The summed E-state index contributed by atoms with van der Waals surface area (Å²) < 4.78 is 0. The van der Waals surface area contributed by atoms with Crippen molar-refractivity contribution in [2.24, 2.45) is 0 Å². The van der Waals surface area contributed by atoms with Crippen molar-refractivity contribution in [2.45, 2.75) is 141 Å². The average molecular weight is 403 g/mol. The van der Waals surface area contributed by atoms with Gasteiger partial charge in [0.2, 0.25) is 0 Å². The van der Waals surface area contributed by atoms with Gasteiger partial charge in [0.15, 0.2) is 5.79 Å². The molecule has 0 heterocycles. The maximum Gasteiger partial charge on any atom is 0.186 e. The minimum absolute atomic E-state index is 0.111. The van der Waals surface area contributed by atoms with Crippen molar-refractivity contribution in [3.63, 3.8) is 0 Å². The van der Waals surface area contributed by atoms with Crippen molar-refractivity contribution in [3.05, 3.63) is 0 Å². The lowest BCUT2D eigenvalue weighted by Crippen LogP contribution is -2.53. The lowest BCUT2D eigenvalue weighted by atomic mass is 10.1. The van der Waals surface area contributed by atoms with Gasteiger partial charge in [-0.25, -0.2) is 0 Å². The van der Waals surface area contributed by atoms with Crippen LogP contribution in [0.25, 0.3) is 0 Å². The Labute approximate surface area is 171 Å². The average Bonchev–Trinajstić information content (AvgIpc) is 2.66. The number of rotatable bonds is 19. The molecule has 1 atom stereocenters. The number of hydrogen-bond acceptors (Lipinski definition) is 3. The summed E-state index contributed by atoms with van der Waals surface area (Å²) in [4.78, 5) is 0. The van der Waals surface area contributed by atoms with E-state index in [-0.39, 0.29) is 5.54 Å². The highest BCUT2D eigenvalue weighted by Gasteiger charge is 2.48. The Balaban J connectivity index is 5.42. The summed E-state index contributed by atoms with van der Waals surface area (Å²) in [7, 11) is -1.89. The zero-order valence-corrected chi connectivity index (χ0v) is 19.9. The second-order valence-electron chi connectivity index (χ2n) is 8.79. The van der Waals surface area contributed by atoms with Crippen LogP contribution in [0.3, 0.4) is 0 Å². The quantitative estimate of drug-likeness (QED) is 0.129. The van der Waals surface area contributed by atoms with Crippen LogP contribution < -0.4 is 0 Å². The topological polar surface area (TPSA) is 60.7 Å². The molecule has 0 bridgehead atoms. The van der Waals surface area contributed by atoms with E-state index in [0.717, 1.165) is 6.42 Å². The van der Waals surface area contributed by atoms with Gasteiger partial charge in [-0.05, 0) is 0 Å². The van der Waals surface area contributed by atoms with Gasteiger partial charge in [0, 0.05) is 5.54 Å². The summed E-state index contributed by atoms with van der Waals surface area (Å²) in [6.45, 7) is 8.29. The van der Waals surface area contributed by atoms with Crippen molar-refractivity contribution in [1.29, 1.82) is 0 Å². The smallest absolute Gasteiger partial charge is 0.186 e. The predicted molar refractivity (Wildman–Crippen MR) is 121 cm³/mol. The minimum Gasteiger partial charge on any atom is -0.391 e. The highest BCUT2D eigenvalue weighted by molar-refractivity contribution is 6.81. The van der Waals surface area contributed by atoms with Gasteiger partial charge in [0.1, 0.15) is 0 Å². The molecule has 0 fully saturated rings. The Bertz CT molecular complexity index is 302. The maximum atomic E-state index is 10.7. The van der Waals surface area contributed by atoms with Crippen LogP contribution in [0.1, 0.15) is 111 Å². The molecular weight excluding hydrogens is 352 g/mol. The molecule has 0 spiro atoms. The molecule has 3 N–H and O–H groups in total. The fourth-order valence-electron chi connectivity index (χ4n) is 4.97.